The van der Waals surface area contributed by atoms with Crippen LogP contribution in [-0.2, 0) is 16.1 Å². The van der Waals surface area contributed by atoms with E-state index >= 15 is 0 Å². The molecule has 6 nitrogen and oxygen atoms in total. The lowest BCUT2D eigenvalue weighted by molar-refractivity contribution is -0.140. The minimum atomic E-state index is -0.714. The van der Waals surface area contributed by atoms with Crippen LogP contribution in [0.5, 0.6) is 11.5 Å². The van der Waals surface area contributed by atoms with Crippen LogP contribution < -0.4 is 9.47 Å². The van der Waals surface area contributed by atoms with E-state index in [0.29, 0.717) is 17.9 Å². The zero-order valence-corrected chi connectivity index (χ0v) is 20.1. The molecular weight excluding hydrogens is 442 g/mol. The minimum absolute atomic E-state index is 0.0143. The van der Waals surface area contributed by atoms with E-state index in [-0.39, 0.29) is 24.0 Å². The molecule has 3 aromatic carbocycles. The summed E-state index contributed by atoms with van der Waals surface area (Å²) >= 11 is 0. The summed E-state index contributed by atoms with van der Waals surface area (Å²) in [6.45, 7) is 6.55. The summed E-state index contributed by atoms with van der Waals surface area (Å²) < 4.78 is 11.2. The first kappa shape index (κ1) is 24.1. The van der Waals surface area contributed by atoms with Crippen molar-refractivity contribution in [1.29, 1.82) is 0 Å². The Bertz CT molecular complexity index is 1210. The Labute approximate surface area is 205 Å². The molecule has 0 aromatic heterocycles. The summed E-state index contributed by atoms with van der Waals surface area (Å²) in [6.07, 6.45) is 0.0143. The van der Waals surface area contributed by atoms with Crippen LogP contribution in [0.15, 0.2) is 84.4 Å². The number of carbonyl (C=O) groups is 2. The number of carbonyl (C=O) groups excluding carboxylic acids is 2. The van der Waals surface area contributed by atoms with Crippen LogP contribution in [0.2, 0.25) is 0 Å². The molecule has 0 saturated carbocycles. The zero-order chi connectivity index (χ0) is 24.9. The number of aliphatic hydroxyl groups excluding tert-OH is 1. The topological polar surface area (TPSA) is 76.1 Å². The second-order valence-corrected chi connectivity index (χ2v) is 8.61. The number of nitrogens with zero attached hydrogens (tertiary/aromatic N) is 1. The third-order valence-electron chi connectivity index (χ3n) is 5.74. The van der Waals surface area contributed by atoms with E-state index in [1.165, 1.54) is 4.90 Å². The molecule has 0 radical (unpaired) electrons. The first-order valence-corrected chi connectivity index (χ1v) is 11.7. The number of Topliss-reactive ketones (excluding diaryl/α,β-unsaturated/α-hetero) is 1. The highest BCUT2D eigenvalue weighted by Gasteiger charge is 2.46. The molecule has 1 aliphatic heterocycles. The molecule has 0 spiro atoms. The van der Waals surface area contributed by atoms with E-state index in [9.17, 15) is 14.7 Å². The van der Waals surface area contributed by atoms with Crippen LogP contribution in [0, 0.1) is 0 Å². The van der Waals surface area contributed by atoms with Gasteiger partial charge in [-0.2, -0.15) is 0 Å². The van der Waals surface area contributed by atoms with Crippen molar-refractivity contribution in [1.82, 2.24) is 4.90 Å². The monoisotopic (exact) mass is 471 g/mol. The van der Waals surface area contributed by atoms with Gasteiger partial charge in [0.05, 0.1) is 24.3 Å². The highest BCUT2D eigenvalue weighted by molar-refractivity contribution is 6.46. The predicted octanol–water partition coefficient (Wildman–Crippen LogP) is 5.49. The number of amides is 1. The predicted molar refractivity (Wildman–Crippen MR) is 134 cm³/mol. The lowest BCUT2D eigenvalue weighted by Crippen LogP contribution is -2.29. The van der Waals surface area contributed by atoms with Crippen molar-refractivity contribution in [3.8, 4) is 11.5 Å². The number of ether oxygens (including phenoxy) is 2. The third kappa shape index (κ3) is 5.22. The van der Waals surface area contributed by atoms with Crippen molar-refractivity contribution in [2.24, 2.45) is 0 Å². The molecule has 1 fully saturated rings. The van der Waals surface area contributed by atoms with Crippen molar-refractivity contribution in [2.45, 2.75) is 39.5 Å². The smallest absolute Gasteiger partial charge is 0.295 e. The van der Waals surface area contributed by atoms with Gasteiger partial charge in [0, 0.05) is 12.1 Å². The maximum atomic E-state index is 13.2. The van der Waals surface area contributed by atoms with Gasteiger partial charge in [0.1, 0.15) is 17.3 Å². The lowest BCUT2D eigenvalue weighted by Gasteiger charge is -2.25. The van der Waals surface area contributed by atoms with Gasteiger partial charge >= 0.3 is 0 Å². The van der Waals surface area contributed by atoms with Crippen molar-refractivity contribution in [2.75, 3.05) is 6.61 Å². The van der Waals surface area contributed by atoms with Crippen molar-refractivity contribution >= 4 is 17.4 Å². The quantitative estimate of drug-likeness (QED) is 0.267. The fraction of sp³-hybridized carbons (Fsp3) is 0.241. The minimum Gasteiger partial charge on any atom is -0.507 e. The second kappa shape index (κ2) is 10.5. The van der Waals surface area contributed by atoms with Crippen molar-refractivity contribution in [3.63, 3.8) is 0 Å². The lowest BCUT2D eigenvalue weighted by atomic mass is 9.95. The number of likely N-dealkylation sites (tertiary alicyclic amines) is 1. The Morgan fingerprint density at radius 1 is 0.914 bits per heavy atom. The molecule has 1 N–H and O–H groups in total. The first-order valence-electron chi connectivity index (χ1n) is 11.7. The average Bonchev–Trinajstić information content (AvgIpc) is 3.10. The molecule has 3 aromatic rings. The van der Waals surface area contributed by atoms with Gasteiger partial charge in [-0.05, 0) is 68.3 Å². The summed E-state index contributed by atoms with van der Waals surface area (Å²) in [5.41, 5.74) is 2.12. The Balaban J connectivity index is 1.73. The molecule has 1 heterocycles. The number of hydrogen-bond acceptors (Lipinski definition) is 5. The van der Waals surface area contributed by atoms with Crippen LogP contribution in [0.4, 0.5) is 0 Å². The Hall–Kier alpha value is -4.06. The molecule has 35 heavy (non-hydrogen) atoms. The van der Waals surface area contributed by atoms with E-state index in [4.69, 9.17) is 9.47 Å². The molecule has 1 saturated heterocycles. The fourth-order valence-electron chi connectivity index (χ4n) is 4.20. The average molecular weight is 472 g/mol. The number of rotatable bonds is 8. The molecular formula is C29H29NO5. The Kier molecular flexibility index (Phi) is 7.20. The molecule has 1 aliphatic rings. The molecule has 0 aliphatic carbocycles. The van der Waals surface area contributed by atoms with Gasteiger partial charge in [-0.1, -0.05) is 42.5 Å². The molecule has 1 amide bonds. The second-order valence-electron chi connectivity index (χ2n) is 8.61. The molecule has 4 rings (SSSR count). The summed E-state index contributed by atoms with van der Waals surface area (Å²) in [5.74, 6) is -0.156. The normalized spacial score (nSPS) is 17.1. The summed E-state index contributed by atoms with van der Waals surface area (Å²) in [4.78, 5) is 27.9. The highest BCUT2D eigenvalue weighted by atomic mass is 16.5. The summed E-state index contributed by atoms with van der Waals surface area (Å²) in [5, 5.41) is 11.2. The molecule has 1 atom stereocenters. The van der Waals surface area contributed by atoms with E-state index in [2.05, 4.69) is 0 Å². The summed E-state index contributed by atoms with van der Waals surface area (Å²) in [6, 6.07) is 22.9. The maximum Gasteiger partial charge on any atom is 0.295 e. The van der Waals surface area contributed by atoms with Gasteiger partial charge in [-0.25, -0.2) is 0 Å². The number of ketones is 1. The van der Waals surface area contributed by atoms with Gasteiger partial charge in [0.25, 0.3) is 11.7 Å². The van der Waals surface area contributed by atoms with Crippen LogP contribution in [0.1, 0.15) is 43.5 Å². The van der Waals surface area contributed by atoms with Gasteiger partial charge in [0.2, 0.25) is 0 Å². The van der Waals surface area contributed by atoms with Gasteiger partial charge in [0.15, 0.2) is 0 Å². The molecule has 0 bridgehead atoms. The van der Waals surface area contributed by atoms with Crippen LogP contribution in [-0.4, -0.2) is 34.4 Å². The standard InChI is InChI=1S/C29H29NO5/c1-4-34-23-14-10-20(11-15-23)18-30-26(21-8-6-5-7-9-21)25(28(32)29(30)33)27(31)22-12-16-24(17-13-22)35-19(2)3/h5-17,19,26,31H,4,18H2,1-3H3/b27-25-. The first-order chi connectivity index (χ1) is 16.9. The third-order valence-corrected chi connectivity index (χ3v) is 5.74. The number of hydrogen-bond donors (Lipinski definition) is 1. The Morgan fingerprint density at radius 2 is 1.54 bits per heavy atom. The van der Waals surface area contributed by atoms with Gasteiger partial charge < -0.3 is 19.5 Å². The van der Waals surface area contributed by atoms with E-state index in [1.807, 2.05) is 75.4 Å². The number of benzene rings is 3. The van der Waals surface area contributed by atoms with Gasteiger partial charge in [-0.15, -0.1) is 0 Å². The largest absolute Gasteiger partial charge is 0.507 e. The van der Waals surface area contributed by atoms with E-state index in [1.54, 1.807) is 24.3 Å². The Morgan fingerprint density at radius 3 is 2.14 bits per heavy atom. The maximum absolute atomic E-state index is 13.2. The van der Waals surface area contributed by atoms with Crippen molar-refractivity contribution in [3.05, 3.63) is 101 Å². The fourth-order valence-corrected chi connectivity index (χ4v) is 4.20. The van der Waals surface area contributed by atoms with Crippen LogP contribution in [0.3, 0.4) is 0 Å². The van der Waals surface area contributed by atoms with Crippen LogP contribution >= 0.6 is 0 Å². The highest BCUT2D eigenvalue weighted by Crippen LogP contribution is 2.40. The molecule has 1 unspecified atom stereocenters. The molecule has 6 heteroatoms. The van der Waals surface area contributed by atoms with E-state index in [0.717, 1.165) is 16.9 Å². The van der Waals surface area contributed by atoms with Crippen LogP contribution in [0.25, 0.3) is 5.76 Å². The SMILES string of the molecule is CCOc1ccc(CN2C(=O)C(=O)/C(=C(\O)c3ccc(OC(C)C)cc3)C2c2ccccc2)cc1. The molecule has 180 valence electrons. The van der Waals surface area contributed by atoms with Gasteiger partial charge in [-0.3, -0.25) is 9.59 Å². The summed E-state index contributed by atoms with van der Waals surface area (Å²) in [7, 11) is 0. The van der Waals surface area contributed by atoms with Crippen molar-refractivity contribution < 1.29 is 24.2 Å². The van der Waals surface area contributed by atoms with E-state index < -0.39 is 17.7 Å². The zero-order valence-electron chi connectivity index (χ0n) is 20.1. The number of aliphatic hydroxyl groups is 1.